The molecule has 2 aliphatic rings. The lowest BCUT2D eigenvalue weighted by atomic mass is 9.82. The smallest absolute Gasteiger partial charge is 0.119 e. The number of hydrogen-bond acceptors (Lipinski definition) is 5. The van der Waals surface area contributed by atoms with Crippen molar-refractivity contribution in [3.8, 4) is 5.75 Å². The Hall–Kier alpha value is -1.14. The van der Waals surface area contributed by atoms with E-state index < -0.39 is 12.2 Å². The summed E-state index contributed by atoms with van der Waals surface area (Å²) in [4.78, 5) is 2.37. The molecule has 5 heteroatoms. The van der Waals surface area contributed by atoms with E-state index in [1.165, 1.54) is 0 Å². The second-order valence-electron chi connectivity index (χ2n) is 6.34. The summed E-state index contributed by atoms with van der Waals surface area (Å²) in [5.74, 6) is 0.906. The molecule has 1 aromatic carbocycles. The Morgan fingerprint density at radius 2 is 1.86 bits per heavy atom. The summed E-state index contributed by atoms with van der Waals surface area (Å²) in [7, 11) is 0. The fourth-order valence-corrected chi connectivity index (χ4v) is 3.29. The zero-order valence-electron chi connectivity index (χ0n) is 12.9. The topological polar surface area (TPSA) is 62.2 Å². The summed E-state index contributed by atoms with van der Waals surface area (Å²) in [6.45, 7) is 3.72. The summed E-state index contributed by atoms with van der Waals surface area (Å²) >= 11 is 0. The van der Waals surface area contributed by atoms with Crippen LogP contribution in [-0.4, -0.2) is 65.8 Å². The van der Waals surface area contributed by atoms with Crippen molar-refractivity contribution < 1.29 is 19.7 Å². The Labute approximate surface area is 131 Å². The van der Waals surface area contributed by atoms with Gasteiger partial charge in [0.15, 0.2) is 0 Å². The molecule has 2 saturated heterocycles. The standard InChI is InChI=1S/C17H25NO4/c19-15-12-17(22-13-16(15)20)6-8-18(9-7-17)10-11-21-14-4-2-1-3-5-14/h1-5,15-16,19-20H,6-13H2/t15-,16+/m1/s1. The molecule has 0 radical (unpaired) electrons. The molecule has 2 N–H and O–H groups in total. The maximum atomic E-state index is 9.86. The Morgan fingerprint density at radius 3 is 2.55 bits per heavy atom. The molecule has 3 rings (SSSR count). The highest BCUT2D eigenvalue weighted by molar-refractivity contribution is 5.20. The van der Waals surface area contributed by atoms with E-state index in [0.717, 1.165) is 38.2 Å². The molecule has 1 spiro atoms. The van der Waals surface area contributed by atoms with Crippen LogP contribution in [-0.2, 0) is 4.74 Å². The van der Waals surface area contributed by atoms with Gasteiger partial charge in [-0.05, 0) is 25.0 Å². The van der Waals surface area contributed by atoms with Crippen LogP contribution in [0.3, 0.4) is 0 Å². The van der Waals surface area contributed by atoms with Crippen LogP contribution >= 0.6 is 0 Å². The zero-order chi connectivity index (χ0) is 15.4. The highest BCUT2D eigenvalue weighted by Crippen LogP contribution is 2.35. The molecule has 0 unspecified atom stereocenters. The van der Waals surface area contributed by atoms with E-state index in [9.17, 15) is 10.2 Å². The van der Waals surface area contributed by atoms with Crippen LogP contribution in [0.4, 0.5) is 0 Å². The minimum atomic E-state index is -0.733. The first kappa shape index (κ1) is 15.7. The number of aliphatic hydroxyl groups excluding tert-OH is 2. The third-order valence-corrected chi connectivity index (χ3v) is 4.77. The van der Waals surface area contributed by atoms with Crippen LogP contribution in [0.15, 0.2) is 30.3 Å². The van der Waals surface area contributed by atoms with E-state index >= 15 is 0 Å². The van der Waals surface area contributed by atoms with Crippen LogP contribution in [0.1, 0.15) is 19.3 Å². The number of aliphatic hydroxyl groups is 2. The molecule has 0 saturated carbocycles. The summed E-state index contributed by atoms with van der Waals surface area (Å²) in [6.07, 6.45) is 0.969. The SMILES string of the molecule is O[C@@H]1CC2(CCN(CCOc3ccccc3)CC2)OC[C@@H]1O. The molecule has 22 heavy (non-hydrogen) atoms. The molecule has 0 bridgehead atoms. The van der Waals surface area contributed by atoms with Gasteiger partial charge in [-0.2, -0.15) is 0 Å². The van der Waals surface area contributed by atoms with Crippen LogP contribution in [0.2, 0.25) is 0 Å². The largest absolute Gasteiger partial charge is 0.492 e. The van der Waals surface area contributed by atoms with Crippen molar-refractivity contribution in [3.05, 3.63) is 30.3 Å². The minimum absolute atomic E-state index is 0.241. The van der Waals surface area contributed by atoms with Gasteiger partial charge in [0.05, 0.1) is 18.3 Å². The van der Waals surface area contributed by atoms with E-state index in [2.05, 4.69) is 4.90 Å². The maximum Gasteiger partial charge on any atom is 0.119 e. The zero-order valence-corrected chi connectivity index (χ0v) is 12.9. The molecule has 1 aromatic rings. The monoisotopic (exact) mass is 307 g/mol. The van der Waals surface area contributed by atoms with Gasteiger partial charge in [0, 0.05) is 26.1 Å². The van der Waals surface area contributed by atoms with E-state index in [4.69, 9.17) is 9.47 Å². The van der Waals surface area contributed by atoms with Gasteiger partial charge < -0.3 is 19.7 Å². The highest BCUT2D eigenvalue weighted by Gasteiger charge is 2.42. The molecule has 5 nitrogen and oxygen atoms in total. The Balaban J connectivity index is 1.40. The van der Waals surface area contributed by atoms with Crippen molar-refractivity contribution in [2.45, 2.75) is 37.1 Å². The average molecular weight is 307 g/mol. The third kappa shape index (κ3) is 3.79. The minimum Gasteiger partial charge on any atom is -0.492 e. The summed E-state index contributed by atoms with van der Waals surface area (Å²) in [5.41, 5.74) is -0.241. The summed E-state index contributed by atoms with van der Waals surface area (Å²) in [6, 6.07) is 9.86. The van der Waals surface area contributed by atoms with Crippen LogP contribution < -0.4 is 4.74 Å². The van der Waals surface area contributed by atoms with Gasteiger partial charge in [0.2, 0.25) is 0 Å². The molecule has 122 valence electrons. The van der Waals surface area contributed by atoms with Crippen molar-refractivity contribution in [2.24, 2.45) is 0 Å². The molecule has 2 atom stereocenters. The van der Waals surface area contributed by atoms with Gasteiger partial charge in [0.1, 0.15) is 18.5 Å². The quantitative estimate of drug-likeness (QED) is 0.870. The number of piperidine rings is 1. The highest BCUT2D eigenvalue weighted by atomic mass is 16.5. The van der Waals surface area contributed by atoms with Crippen molar-refractivity contribution in [1.29, 1.82) is 0 Å². The molecule has 2 aliphatic heterocycles. The van der Waals surface area contributed by atoms with Crippen molar-refractivity contribution >= 4 is 0 Å². The number of likely N-dealkylation sites (tertiary alicyclic amines) is 1. The predicted octanol–water partition coefficient (Wildman–Crippen LogP) is 1.04. The summed E-state index contributed by atoms with van der Waals surface area (Å²) < 4.78 is 11.6. The van der Waals surface area contributed by atoms with Gasteiger partial charge in [0.25, 0.3) is 0 Å². The molecule has 0 aliphatic carbocycles. The lowest BCUT2D eigenvalue weighted by Gasteiger charge is -2.46. The second-order valence-corrected chi connectivity index (χ2v) is 6.34. The van der Waals surface area contributed by atoms with Gasteiger partial charge in [-0.25, -0.2) is 0 Å². The van der Waals surface area contributed by atoms with Crippen LogP contribution in [0.25, 0.3) is 0 Å². The molecule has 2 heterocycles. The molecular weight excluding hydrogens is 282 g/mol. The van der Waals surface area contributed by atoms with E-state index in [1.54, 1.807) is 0 Å². The first-order valence-electron chi connectivity index (χ1n) is 8.07. The number of rotatable bonds is 4. The average Bonchev–Trinajstić information content (AvgIpc) is 2.55. The fourth-order valence-electron chi connectivity index (χ4n) is 3.29. The predicted molar refractivity (Wildman–Crippen MR) is 82.9 cm³/mol. The number of benzene rings is 1. The van der Waals surface area contributed by atoms with Crippen molar-refractivity contribution in [2.75, 3.05) is 32.8 Å². The second kappa shape index (κ2) is 6.96. The summed E-state index contributed by atoms with van der Waals surface area (Å²) in [5, 5.41) is 19.4. The fraction of sp³-hybridized carbons (Fsp3) is 0.647. The lowest BCUT2D eigenvalue weighted by Crippen LogP contribution is -2.54. The molecular formula is C17H25NO4. The van der Waals surface area contributed by atoms with Crippen LogP contribution in [0.5, 0.6) is 5.75 Å². The number of hydrogen-bond donors (Lipinski definition) is 2. The van der Waals surface area contributed by atoms with Gasteiger partial charge in [-0.3, -0.25) is 4.90 Å². The van der Waals surface area contributed by atoms with E-state index in [0.29, 0.717) is 13.0 Å². The third-order valence-electron chi connectivity index (χ3n) is 4.77. The van der Waals surface area contributed by atoms with Crippen molar-refractivity contribution in [1.82, 2.24) is 4.90 Å². The number of nitrogens with zero attached hydrogens (tertiary/aromatic N) is 1. The van der Waals surface area contributed by atoms with Gasteiger partial charge in [-0.1, -0.05) is 18.2 Å². The number of ether oxygens (including phenoxy) is 2. The first-order chi connectivity index (χ1) is 10.7. The van der Waals surface area contributed by atoms with Crippen LogP contribution in [0, 0.1) is 0 Å². The molecule has 0 amide bonds. The van der Waals surface area contributed by atoms with Gasteiger partial charge in [-0.15, -0.1) is 0 Å². The lowest BCUT2D eigenvalue weighted by molar-refractivity contribution is -0.187. The van der Waals surface area contributed by atoms with Gasteiger partial charge >= 0.3 is 0 Å². The number of para-hydroxylation sites is 1. The molecule has 0 aromatic heterocycles. The normalized spacial score (nSPS) is 28.6. The first-order valence-corrected chi connectivity index (χ1v) is 8.07. The Bertz CT molecular complexity index is 459. The van der Waals surface area contributed by atoms with E-state index in [-0.39, 0.29) is 12.2 Å². The van der Waals surface area contributed by atoms with E-state index in [1.807, 2.05) is 30.3 Å². The Kier molecular flexibility index (Phi) is 4.98. The van der Waals surface area contributed by atoms with Crippen molar-refractivity contribution in [3.63, 3.8) is 0 Å². The molecule has 2 fully saturated rings. The maximum absolute atomic E-state index is 9.86. The Morgan fingerprint density at radius 1 is 1.14 bits per heavy atom.